The van der Waals surface area contributed by atoms with E-state index >= 15 is 0 Å². The zero-order chi connectivity index (χ0) is 18.1. The van der Waals surface area contributed by atoms with E-state index in [2.05, 4.69) is 4.98 Å². The van der Waals surface area contributed by atoms with Crippen LogP contribution in [0.3, 0.4) is 0 Å². The SMILES string of the molecule is CCOC(=O)c1c[nH]c(=O)c2c1OC(=O)C[C@H]2c1ccc(F)c(F)c1. The van der Waals surface area contributed by atoms with Crippen LogP contribution < -0.4 is 10.3 Å². The van der Waals surface area contributed by atoms with Crippen LogP contribution >= 0.6 is 0 Å². The Kier molecular flexibility index (Phi) is 4.35. The Hall–Kier alpha value is -3.03. The van der Waals surface area contributed by atoms with E-state index in [9.17, 15) is 23.2 Å². The van der Waals surface area contributed by atoms with Gasteiger partial charge in [0.15, 0.2) is 17.4 Å². The summed E-state index contributed by atoms with van der Waals surface area (Å²) < 4.78 is 36.7. The van der Waals surface area contributed by atoms with Crippen LogP contribution in [0.15, 0.2) is 29.2 Å². The monoisotopic (exact) mass is 349 g/mol. The predicted octanol–water partition coefficient (Wildman–Crippen LogP) is 2.27. The maximum atomic E-state index is 13.6. The molecule has 0 radical (unpaired) electrons. The molecule has 0 aliphatic carbocycles. The minimum absolute atomic E-state index is 0.00355. The molecular weight excluding hydrogens is 336 g/mol. The Bertz CT molecular complexity index is 922. The Morgan fingerprint density at radius 2 is 2.08 bits per heavy atom. The molecule has 130 valence electrons. The third-order valence-electron chi connectivity index (χ3n) is 3.86. The van der Waals surface area contributed by atoms with Gasteiger partial charge < -0.3 is 14.5 Å². The van der Waals surface area contributed by atoms with Crippen molar-refractivity contribution in [3.63, 3.8) is 0 Å². The van der Waals surface area contributed by atoms with Gasteiger partial charge in [-0.2, -0.15) is 0 Å². The number of fused-ring (bicyclic) bond motifs is 1. The molecule has 1 aromatic carbocycles. The van der Waals surface area contributed by atoms with E-state index in [0.717, 1.165) is 18.3 Å². The Morgan fingerprint density at radius 1 is 1.32 bits per heavy atom. The average molecular weight is 349 g/mol. The first-order valence-corrected chi connectivity index (χ1v) is 7.50. The van der Waals surface area contributed by atoms with Crippen LogP contribution in [0.1, 0.15) is 40.7 Å². The lowest BCUT2D eigenvalue weighted by Gasteiger charge is -2.25. The second-order valence-electron chi connectivity index (χ2n) is 5.40. The van der Waals surface area contributed by atoms with E-state index in [-0.39, 0.29) is 35.5 Å². The van der Waals surface area contributed by atoms with Crippen LogP contribution in [0.2, 0.25) is 0 Å². The van der Waals surface area contributed by atoms with Gasteiger partial charge in [0.05, 0.1) is 18.6 Å². The molecule has 0 bridgehead atoms. The predicted molar refractivity (Wildman–Crippen MR) is 81.5 cm³/mol. The van der Waals surface area contributed by atoms with Gasteiger partial charge in [0.1, 0.15) is 5.56 Å². The van der Waals surface area contributed by atoms with Crippen molar-refractivity contribution in [1.29, 1.82) is 0 Å². The fourth-order valence-electron chi connectivity index (χ4n) is 2.75. The molecule has 1 aliphatic heterocycles. The summed E-state index contributed by atoms with van der Waals surface area (Å²) >= 11 is 0. The van der Waals surface area contributed by atoms with Crippen LogP contribution in [0, 0.1) is 11.6 Å². The fourth-order valence-corrected chi connectivity index (χ4v) is 2.75. The fraction of sp³-hybridized carbons (Fsp3) is 0.235. The van der Waals surface area contributed by atoms with E-state index < -0.39 is 35.1 Å². The van der Waals surface area contributed by atoms with Crippen molar-refractivity contribution in [1.82, 2.24) is 4.98 Å². The van der Waals surface area contributed by atoms with Crippen molar-refractivity contribution in [2.75, 3.05) is 6.61 Å². The standard InChI is InChI=1S/C17H13F2NO5/c1-2-24-17(23)10-7-20-16(22)14-9(6-13(21)25-15(10)14)8-3-4-11(18)12(19)5-8/h3-5,7,9H,2,6H2,1H3,(H,20,22)/t9-/m0/s1. The van der Waals surface area contributed by atoms with E-state index in [1.165, 1.54) is 6.07 Å². The third-order valence-corrected chi connectivity index (χ3v) is 3.86. The molecule has 2 aromatic rings. The first-order valence-electron chi connectivity index (χ1n) is 7.50. The van der Waals surface area contributed by atoms with Gasteiger partial charge in [-0.05, 0) is 24.6 Å². The highest BCUT2D eigenvalue weighted by Crippen LogP contribution is 2.38. The van der Waals surface area contributed by atoms with Gasteiger partial charge in [-0.1, -0.05) is 6.07 Å². The van der Waals surface area contributed by atoms with Crippen molar-refractivity contribution in [2.24, 2.45) is 0 Å². The molecule has 0 unspecified atom stereocenters. The van der Waals surface area contributed by atoms with Crippen molar-refractivity contribution < 1.29 is 27.8 Å². The molecule has 6 nitrogen and oxygen atoms in total. The number of aromatic nitrogens is 1. The summed E-state index contributed by atoms with van der Waals surface area (Å²) in [6, 6.07) is 3.11. The third kappa shape index (κ3) is 3.02. The maximum Gasteiger partial charge on any atom is 0.343 e. The molecule has 1 aliphatic rings. The van der Waals surface area contributed by atoms with Crippen molar-refractivity contribution in [3.05, 3.63) is 63.1 Å². The van der Waals surface area contributed by atoms with E-state index in [4.69, 9.17) is 9.47 Å². The Morgan fingerprint density at radius 3 is 2.76 bits per heavy atom. The molecular formula is C17H13F2NO5. The summed E-state index contributed by atoms with van der Waals surface area (Å²) in [5.74, 6) is -4.70. The molecule has 1 atom stereocenters. The van der Waals surface area contributed by atoms with E-state index in [1.807, 2.05) is 0 Å². The molecule has 1 aromatic heterocycles. The van der Waals surface area contributed by atoms with Gasteiger partial charge in [0.25, 0.3) is 5.56 Å². The first kappa shape index (κ1) is 16.8. The lowest BCUT2D eigenvalue weighted by molar-refractivity contribution is -0.135. The highest BCUT2D eigenvalue weighted by molar-refractivity contribution is 5.94. The molecule has 3 rings (SSSR count). The number of rotatable bonds is 3. The quantitative estimate of drug-likeness (QED) is 0.859. The molecule has 2 heterocycles. The number of esters is 2. The summed E-state index contributed by atoms with van der Waals surface area (Å²) in [5.41, 5.74) is -0.484. The molecule has 0 fully saturated rings. The highest BCUT2D eigenvalue weighted by Gasteiger charge is 2.35. The maximum absolute atomic E-state index is 13.6. The normalized spacial score (nSPS) is 16.1. The number of ether oxygens (including phenoxy) is 2. The lowest BCUT2D eigenvalue weighted by Crippen LogP contribution is -2.30. The summed E-state index contributed by atoms with van der Waals surface area (Å²) in [5, 5.41) is 0. The van der Waals surface area contributed by atoms with Gasteiger partial charge in [0, 0.05) is 12.1 Å². The van der Waals surface area contributed by atoms with E-state index in [0.29, 0.717) is 0 Å². The number of benzene rings is 1. The average Bonchev–Trinajstić information content (AvgIpc) is 2.57. The zero-order valence-electron chi connectivity index (χ0n) is 13.1. The van der Waals surface area contributed by atoms with Crippen LogP contribution in [-0.2, 0) is 9.53 Å². The summed E-state index contributed by atoms with van der Waals surface area (Å²) in [6.45, 7) is 1.69. The lowest BCUT2D eigenvalue weighted by atomic mass is 9.86. The van der Waals surface area contributed by atoms with Crippen LogP contribution in [0.5, 0.6) is 5.75 Å². The van der Waals surface area contributed by atoms with Crippen molar-refractivity contribution >= 4 is 11.9 Å². The van der Waals surface area contributed by atoms with Crippen molar-refractivity contribution in [2.45, 2.75) is 19.3 Å². The van der Waals surface area contributed by atoms with Crippen molar-refractivity contribution in [3.8, 4) is 5.75 Å². The number of aromatic amines is 1. The molecule has 8 heteroatoms. The number of hydrogen-bond donors (Lipinski definition) is 1. The molecule has 0 spiro atoms. The van der Waals surface area contributed by atoms with Gasteiger partial charge in [-0.25, -0.2) is 13.6 Å². The summed E-state index contributed by atoms with van der Waals surface area (Å²) in [7, 11) is 0. The number of nitrogens with one attached hydrogen (secondary N) is 1. The number of pyridine rings is 1. The second-order valence-corrected chi connectivity index (χ2v) is 5.40. The number of carbonyl (C=O) groups excluding carboxylic acids is 2. The van der Waals surface area contributed by atoms with Gasteiger partial charge >= 0.3 is 11.9 Å². The number of carbonyl (C=O) groups is 2. The van der Waals surface area contributed by atoms with E-state index in [1.54, 1.807) is 6.92 Å². The van der Waals surface area contributed by atoms with Crippen LogP contribution in [0.25, 0.3) is 0 Å². The topological polar surface area (TPSA) is 85.5 Å². The molecule has 25 heavy (non-hydrogen) atoms. The van der Waals surface area contributed by atoms with Gasteiger partial charge in [0.2, 0.25) is 0 Å². The minimum Gasteiger partial charge on any atom is -0.462 e. The van der Waals surface area contributed by atoms with Gasteiger partial charge in [-0.15, -0.1) is 0 Å². The molecule has 0 saturated heterocycles. The van der Waals surface area contributed by atoms with Crippen LogP contribution in [-0.4, -0.2) is 23.5 Å². The molecule has 1 N–H and O–H groups in total. The minimum atomic E-state index is -1.10. The molecule has 0 saturated carbocycles. The second kappa shape index (κ2) is 6.46. The zero-order valence-corrected chi connectivity index (χ0v) is 13.1. The largest absolute Gasteiger partial charge is 0.462 e. The molecule has 0 amide bonds. The smallest absolute Gasteiger partial charge is 0.343 e. The number of halogens is 2. The Balaban J connectivity index is 2.18. The summed E-state index contributed by atoms with van der Waals surface area (Å²) in [6.07, 6.45) is 0.855. The highest BCUT2D eigenvalue weighted by atomic mass is 19.2. The first-order chi connectivity index (χ1) is 11.9. The number of H-pyrrole nitrogens is 1. The Labute approximate surface area is 140 Å². The number of hydrogen-bond acceptors (Lipinski definition) is 5. The summed E-state index contributed by atoms with van der Waals surface area (Å²) in [4.78, 5) is 38.6. The van der Waals surface area contributed by atoms with Crippen LogP contribution in [0.4, 0.5) is 8.78 Å². The van der Waals surface area contributed by atoms with Gasteiger partial charge in [-0.3, -0.25) is 9.59 Å².